The first-order chi connectivity index (χ1) is 9.99. The van der Waals surface area contributed by atoms with E-state index in [0.29, 0.717) is 17.2 Å². The van der Waals surface area contributed by atoms with Crippen molar-refractivity contribution in [1.29, 1.82) is 0 Å². The molecule has 1 heterocycles. The highest BCUT2D eigenvalue weighted by Gasteiger charge is 2.13. The van der Waals surface area contributed by atoms with Crippen LogP contribution in [0.4, 0.5) is 0 Å². The molecule has 2 rings (SSSR count). The summed E-state index contributed by atoms with van der Waals surface area (Å²) in [5, 5.41) is 0. The molecule has 0 saturated heterocycles. The summed E-state index contributed by atoms with van der Waals surface area (Å²) in [4.78, 5) is 0. The van der Waals surface area contributed by atoms with Crippen molar-refractivity contribution < 1.29 is 22.6 Å². The third kappa shape index (κ3) is 4.26. The van der Waals surface area contributed by atoms with E-state index in [9.17, 15) is 8.42 Å². The van der Waals surface area contributed by atoms with E-state index in [2.05, 4.69) is 16.6 Å². The Morgan fingerprint density at radius 3 is 2.81 bits per heavy atom. The molecule has 1 N–H and O–H groups in total. The monoisotopic (exact) mass is 312 g/mol. The van der Waals surface area contributed by atoms with Gasteiger partial charge in [-0.2, -0.15) is 17.4 Å². The van der Waals surface area contributed by atoms with Crippen LogP contribution in [0.3, 0.4) is 0 Å². The number of nitrogens with one attached hydrogen (secondary N) is 1. The molecule has 0 fully saturated rings. The zero-order valence-corrected chi connectivity index (χ0v) is 12.6. The lowest BCUT2D eigenvalue weighted by molar-refractivity contribution is 0.174. The van der Waals surface area contributed by atoms with Crippen LogP contribution in [0.1, 0.15) is 0 Å². The number of nitrogens with zero attached hydrogens (tertiary/aromatic N) is 1. The maximum Gasteiger partial charge on any atom is 0.279 e. The van der Waals surface area contributed by atoms with Crippen molar-refractivity contribution in [1.82, 2.24) is 9.03 Å². The third-order valence-electron chi connectivity index (χ3n) is 2.60. The van der Waals surface area contributed by atoms with Crippen LogP contribution in [0.5, 0.6) is 17.2 Å². The predicted octanol–water partition coefficient (Wildman–Crippen LogP) is 0.194. The molecular formula is C13H16N2O5S. The van der Waals surface area contributed by atoms with Gasteiger partial charge >= 0.3 is 0 Å². The molecule has 0 aliphatic carbocycles. The summed E-state index contributed by atoms with van der Waals surface area (Å²) < 4.78 is 42.0. The molecule has 1 aliphatic heterocycles. The number of fused-ring (bicyclic) bond motifs is 1. The van der Waals surface area contributed by atoms with Gasteiger partial charge in [0.1, 0.15) is 12.4 Å². The molecule has 8 heteroatoms. The average Bonchev–Trinajstić information content (AvgIpc) is 2.89. The molecule has 114 valence electrons. The first-order valence-corrected chi connectivity index (χ1v) is 7.58. The van der Waals surface area contributed by atoms with Crippen molar-refractivity contribution in [2.24, 2.45) is 0 Å². The van der Waals surface area contributed by atoms with E-state index < -0.39 is 10.2 Å². The smallest absolute Gasteiger partial charge is 0.279 e. The van der Waals surface area contributed by atoms with E-state index in [1.54, 1.807) is 18.2 Å². The maximum atomic E-state index is 11.4. The van der Waals surface area contributed by atoms with Gasteiger partial charge in [-0.3, -0.25) is 0 Å². The summed E-state index contributed by atoms with van der Waals surface area (Å²) in [5.74, 6) is 7.33. The zero-order chi connectivity index (χ0) is 15.3. The van der Waals surface area contributed by atoms with Gasteiger partial charge in [-0.15, -0.1) is 0 Å². The largest absolute Gasteiger partial charge is 0.481 e. The Labute approximate surface area is 124 Å². The number of rotatable bonds is 5. The third-order valence-corrected chi connectivity index (χ3v) is 4.07. The van der Waals surface area contributed by atoms with Crippen LogP contribution in [0.15, 0.2) is 18.2 Å². The first-order valence-electron chi connectivity index (χ1n) is 6.14. The van der Waals surface area contributed by atoms with Crippen molar-refractivity contribution in [3.63, 3.8) is 0 Å². The molecule has 21 heavy (non-hydrogen) atoms. The number of hydrogen-bond donors (Lipinski definition) is 1. The summed E-state index contributed by atoms with van der Waals surface area (Å²) in [7, 11) is -0.549. The van der Waals surface area contributed by atoms with Crippen LogP contribution in [-0.4, -0.2) is 46.8 Å². The fourth-order valence-electron chi connectivity index (χ4n) is 1.46. The summed E-state index contributed by atoms with van der Waals surface area (Å²) in [6, 6.07) is 5.24. The lowest BCUT2D eigenvalue weighted by Crippen LogP contribution is -2.35. The molecule has 0 amide bonds. The van der Waals surface area contributed by atoms with Gasteiger partial charge in [0.2, 0.25) is 6.79 Å². The van der Waals surface area contributed by atoms with Crippen molar-refractivity contribution in [3.8, 4) is 29.1 Å². The van der Waals surface area contributed by atoms with Crippen molar-refractivity contribution in [2.45, 2.75) is 0 Å². The van der Waals surface area contributed by atoms with Crippen LogP contribution in [-0.2, 0) is 10.2 Å². The first kappa shape index (κ1) is 15.4. The number of ether oxygens (including phenoxy) is 3. The van der Waals surface area contributed by atoms with Crippen LogP contribution in [0, 0.1) is 11.8 Å². The number of hydrogen-bond acceptors (Lipinski definition) is 5. The Kier molecular flexibility index (Phi) is 4.90. The summed E-state index contributed by atoms with van der Waals surface area (Å²) in [6.07, 6.45) is 0. The van der Waals surface area contributed by atoms with Crippen LogP contribution < -0.4 is 18.9 Å². The molecule has 1 aliphatic rings. The standard InChI is InChI=1S/C13H16N2O5S/c1-15(2)21(16,17)14-7-3-4-8-18-11-5-6-12-13(9-11)20-10-19-12/h5-6,9,14H,7-8,10H2,1-2H3. The Morgan fingerprint density at radius 1 is 1.29 bits per heavy atom. The van der Waals surface area contributed by atoms with Gasteiger partial charge in [0.25, 0.3) is 10.2 Å². The Bertz CT molecular complexity index is 661. The van der Waals surface area contributed by atoms with Crippen molar-refractivity contribution >= 4 is 10.2 Å². The quantitative estimate of drug-likeness (QED) is 0.786. The van der Waals surface area contributed by atoms with E-state index in [1.165, 1.54) is 14.1 Å². The minimum atomic E-state index is -3.43. The zero-order valence-electron chi connectivity index (χ0n) is 11.8. The highest BCUT2D eigenvalue weighted by molar-refractivity contribution is 7.87. The second kappa shape index (κ2) is 6.67. The van der Waals surface area contributed by atoms with Gasteiger partial charge in [-0.25, -0.2) is 0 Å². The molecule has 0 saturated carbocycles. The lowest BCUT2D eigenvalue weighted by atomic mass is 10.3. The summed E-state index contributed by atoms with van der Waals surface area (Å²) in [6.45, 7) is 0.402. The Balaban J connectivity index is 1.77. The molecule has 1 aromatic rings. The van der Waals surface area contributed by atoms with Gasteiger partial charge in [-0.1, -0.05) is 11.8 Å². The molecule has 0 unspecified atom stereocenters. The van der Waals surface area contributed by atoms with Gasteiger partial charge in [0.05, 0.1) is 6.54 Å². The summed E-state index contributed by atoms with van der Waals surface area (Å²) in [5.41, 5.74) is 0. The van der Waals surface area contributed by atoms with Crippen LogP contribution >= 0.6 is 0 Å². The number of benzene rings is 1. The molecule has 1 aromatic carbocycles. The molecule has 0 bridgehead atoms. The molecule has 0 spiro atoms. The van der Waals surface area contributed by atoms with Gasteiger partial charge in [0, 0.05) is 20.2 Å². The van der Waals surface area contributed by atoms with E-state index >= 15 is 0 Å². The predicted molar refractivity (Wildman–Crippen MR) is 76.4 cm³/mol. The molecule has 0 aromatic heterocycles. The second-order valence-electron chi connectivity index (χ2n) is 4.27. The lowest BCUT2D eigenvalue weighted by Gasteiger charge is -2.09. The Morgan fingerprint density at radius 2 is 2.05 bits per heavy atom. The fraction of sp³-hybridized carbons (Fsp3) is 0.385. The molecule has 7 nitrogen and oxygen atoms in total. The van der Waals surface area contributed by atoms with E-state index in [0.717, 1.165) is 4.31 Å². The highest BCUT2D eigenvalue weighted by Crippen LogP contribution is 2.34. The van der Waals surface area contributed by atoms with E-state index in [4.69, 9.17) is 14.2 Å². The summed E-state index contributed by atoms with van der Waals surface area (Å²) >= 11 is 0. The molecule has 0 radical (unpaired) electrons. The van der Waals surface area contributed by atoms with Gasteiger partial charge in [-0.05, 0) is 12.1 Å². The molecule has 0 atom stereocenters. The van der Waals surface area contributed by atoms with Crippen LogP contribution in [0.2, 0.25) is 0 Å². The average molecular weight is 312 g/mol. The minimum Gasteiger partial charge on any atom is -0.481 e. The Hall–Kier alpha value is -1.95. The van der Waals surface area contributed by atoms with Gasteiger partial charge < -0.3 is 14.2 Å². The minimum absolute atomic E-state index is 0.0328. The van der Waals surface area contributed by atoms with E-state index in [-0.39, 0.29) is 19.9 Å². The van der Waals surface area contributed by atoms with E-state index in [1.807, 2.05) is 0 Å². The SMILES string of the molecule is CN(C)S(=O)(=O)NCC#CCOc1ccc2c(c1)OCO2. The molecular weight excluding hydrogens is 296 g/mol. The van der Waals surface area contributed by atoms with Gasteiger partial charge in [0.15, 0.2) is 11.5 Å². The normalized spacial score (nSPS) is 12.9. The highest BCUT2D eigenvalue weighted by atomic mass is 32.2. The fourth-order valence-corrected chi connectivity index (χ4v) is 1.97. The van der Waals surface area contributed by atoms with Crippen molar-refractivity contribution in [3.05, 3.63) is 18.2 Å². The van der Waals surface area contributed by atoms with Crippen molar-refractivity contribution in [2.75, 3.05) is 34.0 Å². The topological polar surface area (TPSA) is 77.1 Å². The maximum absolute atomic E-state index is 11.4. The second-order valence-corrected chi connectivity index (χ2v) is 6.23. The van der Waals surface area contributed by atoms with Crippen LogP contribution in [0.25, 0.3) is 0 Å².